The van der Waals surface area contributed by atoms with Gasteiger partial charge in [0, 0.05) is 37.0 Å². The smallest absolute Gasteiger partial charge is 0.407 e. The van der Waals surface area contributed by atoms with Crippen molar-refractivity contribution in [2.45, 2.75) is 5.92 Å². The summed E-state index contributed by atoms with van der Waals surface area (Å²) in [6.07, 6.45) is -0.990. The van der Waals surface area contributed by atoms with Crippen molar-refractivity contribution in [1.29, 1.82) is 0 Å². The molecule has 2 aliphatic rings. The molecule has 1 saturated heterocycles. The van der Waals surface area contributed by atoms with Crippen molar-refractivity contribution in [3.8, 4) is 11.1 Å². The average Bonchev–Trinajstić information content (AvgIpc) is 2.99. The Balaban J connectivity index is 1.80. The fourth-order valence-corrected chi connectivity index (χ4v) is 3.91. The van der Waals surface area contributed by atoms with Gasteiger partial charge in [-0.2, -0.15) is 0 Å². The molecule has 2 heterocycles. The largest absolute Gasteiger partial charge is 0.465 e. The van der Waals surface area contributed by atoms with E-state index in [0.717, 1.165) is 0 Å². The summed E-state index contributed by atoms with van der Waals surface area (Å²) in [6.45, 7) is 1.02. The Labute approximate surface area is 148 Å². The number of halogens is 2. The molecule has 2 N–H and O–H groups in total. The number of benzene rings is 2. The Kier molecular flexibility index (Phi) is 3.86. The summed E-state index contributed by atoms with van der Waals surface area (Å²) in [5, 5.41) is 12.0. The van der Waals surface area contributed by atoms with Crippen LogP contribution in [0.5, 0.6) is 0 Å². The summed E-state index contributed by atoms with van der Waals surface area (Å²) in [5.74, 6) is -1.86. The van der Waals surface area contributed by atoms with Crippen LogP contribution in [0, 0.1) is 17.6 Å². The number of hydrogen-bond acceptors (Lipinski definition) is 2. The lowest BCUT2D eigenvalue weighted by Gasteiger charge is -2.17. The SMILES string of the molecule is O=C1NCC2CN(C(=O)O)CC2c2ccc(-c3c(F)cccc3F)cc21. The summed E-state index contributed by atoms with van der Waals surface area (Å²) in [5.41, 5.74) is 1.16. The molecule has 0 spiro atoms. The van der Waals surface area contributed by atoms with Gasteiger partial charge in [-0.3, -0.25) is 4.79 Å². The molecular weight excluding hydrogens is 342 g/mol. The molecule has 2 atom stereocenters. The lowest BCUT2D eigenvalue weighted by molar-refractivity contribution is 0.0951. The second-order valence-corrected chi connectivity index (χ2v) is 6.66. The van der Waals surface area contributed by atoms with Gasteiger partial charge in [0.15, 0.2) is 0 Å². The monoisotopic (exact) mass is 358 g/mol. The van der Waals surface area contributed by atoms with E-state index in [1.165, 1.54) is 29.2 Å². The number of rotatable bonds is 1. The van der Waals surface area contributed by atoms with Crippen LogP contribution in [0.15, 0.2) is 36.4 Å². The van der Waals surface area contributed by atoms with E-state index in [1.54, 1.807) is 12.1 Å². The molecule has 2 unspecified atom stereocenters. The van der Waals surface area contributed by atoms with Crippen molar-refractivity contribution < 1.29 is 23.5 Å². The van der Waals surface area contributed by atoms with Gasteiger partial charge in [-0.05, 0) is 29.3 Å². The normalized spacial score (nSPS) is 21.6. The molecule has 0 aromatic heterocycles. The van der Waals surface area contributed by atoms with Gasteiger partial charge in [-0.1, -0.05) is 18.2 Å². The van der Waals surface area contributed by atoms with Gasteiger partial charge >= 0.3 is 6.09 Å². The van der Waals surface area contributed by atoms with Gasteiger partial charge in [-0.25, -0.2) is 13.6 Å². The summed E-state index contributed by atoms with van der Waals surface area (Å²) in [4.78, 5) is 25.1. The van der Waals surface area contributed by atoms with Gasteiger partial charge < -0.3 is 15.3 Å². The number of carbonyl (C=O) groups excluding carboxylic acids is 1. The van der Waals surface area contributed by atoms with Crippen LogP contribution in [0.1, 0.15) is 21.8 Å². The van der Waals surface area contributed by atoms with E-state index in [2.05, 4.69) is 5.32 Å². The molecule has 134 valence electrons. The third-order valence-corrected chi connectivity index (χ3v) is 5.19. The minimum Gasteiger partial charge on any atom is -0.465 e. The number of fused-ring (bicyclic) bond motifs is 3. The molecule has 26 heavy (non-hydrogen) atoms. The number of amides is 2. The Morgan fingerprint density at radius 3 is 2.58 bits per heavy atom. The Morgan fingerprint density at radius 1 is 1.15 bits per heavy atom. The van der Waals surface area contributed by atoms with Gasteiger partial charge in [0.25, 0.3) is 5.91 Å². The zero-order valence-electron chi connectivity index (χ0n) is 13.7. The van der Waals surface area contributed by atoms with Crippen molar-refractivity contribution in [2.75, 3.05) is 19.6 Å². The number of nitrogens with one attached hydrogen (secondary N) is 1. The highest BCUT2D eigenvalue weighted by Crippen LogP contribution is 2.38. The fourth-order valence-electron chi connectivity index (χ4n) is 3.91. The third kappa shape index (κ3) is 2.60. The number of nitrogens with zero attached hydrogens (tertiary/aromatic N) is 1. The third-order valence-electron chi connectivity index (χ3n) is 5.19. The number of likely N-dealkylation sites (tertiary alicyclic amines) is 1. The molecule has 0 saturated carbocycles. The maximum Gasteiger partial charge on any atom is 0.407 e. The molecule has 0 radical (unpaired) electrons. The first kappa shape index (κ1) is 16.5. The summed E-state index contributed by atoms with van der Waals surface area (Å²) < 4.78 is 28.2. The van der Waals surface area contributed by atoms with Crippen molar-refractivity contribution >= 4 is 12.0 Å². The molecule has 2 aromatic rings. The number of carboxylic acid groups (broad SMARTS) is 1. The minimum absolute atomic E-state index is 0.0210. The zero-order chi connectivity index (χ0) is 18.4. The van der Waals surface area contributed by atoms with Gasteiger partial charge in [0.2, 0.25) is 0 Å². The van der Waals surface area contributed by atoms with Gasteiger partial charge in [0.05, 0.1) is 5.56 Å². The summed E-state index contributed by atoms with van der Waals surface area (Å²) in [7, 11) is 0. The van der Waals surface area contributed by atoms with Crippen LogP contribution in [-0.4, -0.2) is 41.6 Å². The van der Waals surface area contributed by atoms with Crippen LogP contribution in [0.25, 0.3) is 11.1 Å². The van der Waals surface area contributed by atoms with Crippen molar-refractivity contribution in [3.63, 3.8) is 0 Å². The van der Waals surface area contributed by atoms with Crippen LogP contribution < -0.4 is 5.32 Å². The molecule has 4 rings (SSSR count). The van der Waals surface area contributed by atoms with Crippen molar-refractivity contribution in [3.05, 3.63) is 59.2 Å². The first-order valence-corrected chi connectivity index (χ1v) is 8.30. The van der Waals surface area contributed by atoms with Crippen LogP contribution in [0.3, 0.4) is 0 Å². The van der Waals surface area contributed by atoms with E-state index in [0.29, 0.717) is 30.8 Å². The Morgan fingerprint density at radius 2 is 1.88 bits per heavy atom. The lowest BCUT2D eigenvalue weighted by Crippen LogP contribution is -2.31. The van der Waals surface area contributed by atoms with E-state index in [1.807, 2.05) is 0 Å². The molecule has 1 fully saturated rings. The topological polar surface area (TPSA) is 69.6 Å². The molecule has 2 amide bonds. The number of hydrogen-bond donors (Lipinski definition) is 2. The van der Waals surface area contributed by atoms with E-state index >= 15 is 0 Å². The highest BCUT2D eigenvalue weighted by atomic mass is 19.1. The molecule has 2 aliphatic heterocycles. The van der Waals surface area contributed by atoms with Crippen LogP contribution >= 0.6 is 0 Å². The standard InChI is InChI=1S/C19H16F2N2O3/c20-15-2-1-3-16(21)17(15)10-4-5-12-13(6-10)18(24)22-7-11-8-23(19(25)26)9-14(11)12/h1-6,11,14H,7-9H2,(H,22,24)(H,25,26). The fraction of sp³-hybridized carbons (Fsp3) is 0.263. The van der Waals surface area contributed by atoms with E-state index in [-0.39, 0.29) is 28.9 Å². The highest BCUT2D eigenvalue weighted by molar-refractivity contribution is 5.97. The second kappa shape index (κ2) is 6.09. The maximum atomic E-state index is 14.1. The quantitative estimate of drug-likeness (QED) is 0.823. The van der Waals surface area contributed by atoms with E-state index in [4.69, 9.17) is 0 Å². The van der Waals surface area contributed by atoms with E-state index < -0.39 is 17.7 Å². The average molecular weight is 358 g/mol. The highest BCUT2D eigenvalue weighted by Gasteiger charge is 2.40. The first-order chi connectivity index (χ1) is 12.5. The summed E-state index contributed by atoms with van der Waals surface area (Å²) >= 11 is 0. The molecule has 5 nitrogen and oxygen atoms in total. The predicted molar refractivity (Wildman–Crippen MR) is 90.0 cm³/mol. The van der Waals surface area contributed by atoms with Crippen LogP contribution in [0.4, 0.5) is 13.6 Å². The molecule has 0 bridgehead atoms. The van der Waals surface area contributed by atoms with Crippen molar-refractivity contribution in [1.82, 2.24) is 10.2 Å². The minimum atomic E-state index is -0.990. The Hall–Kier alpha value is -2.96. The van der Waals surface area contributed by atoms with Gasteiger partial charge in [-0.15, -0.1) is 0 Å². The first-order valence-electron chi connectivity index (χ1n) is 8.30. The lowest BCUT2D eigenvalue weighted by atomic mass is 9.86. The van der Waals surface area contributed by atoms with E-state index in [9.17, 15) is 23.5 Å². The van der Waals surface area contributed by atoms with Gasteiger partial charge in [0.1, 0.15) is 11.6 Å². The maximum absolute atomic E-state index is 14.1. The zero-order valence-corrected chi connectivity index (χ0v) is 13.7. The number of carbonyl (C=O) groups is 2. The van der Waals surface area contributed by atoms with Crippen LogP contribution in [-0.2, 0) is 0 Å². The summed E-state index contributed by atoms with van der Waals surface area (Å²) in [6, 6.07) is 8.37. The van der Waals surface area contributed by atoms with Crippen molar-refractivity contribution in [2.24, 2.45) is 5.92 Å². The molecule has 2 aromatic carbocycles. The molecular formula is C19H16F2N2O3. The van der Waals surface area contributed by atoms with Crippen LogP contribution in [0.2, 0.25) is 0 Å². The molecule has 0 aliphatic carbocycles. The Bertz CT molecular complexity index is 895. The second-order valence-electron chi connectivity index (χ2n) is 6.66. The predicted octanol–water partition coefficient (Wildman–Crippen LogP) is 3.07. The molecule has 7 heteroatoms.